The van der Waals surface area contributed by atoms with Gasteiger partial charge in [0.2, 0.25) is 0 Å². The Labute approximate surface area is 151 Å². The minimum absolute atomic E-state index is 0.00482. The Morgan fingerprint density at radius 3 is 2.33 bits per heavy atom. The van der Waals surface area contributed by atoms with Crippen molar-refractivity contribution in [2.45, 2.75) is 12.7 Å². The van der Waals surface area contributed by atoms with Crippen molar-refractivity contribution in [2.75, 3.05) is 0 Å². The third-order valence-corrected chi connectivity index (χ3v) is 3.63. The lowest BCUT2D eigenvalue weighted by Crippen LogP contribution is -2.25. The fourth-order valence-corrected chi connectivity index (χ4v) is 2.25. The molecule has 2 heterocycles. The first-order chi connectivity index (χ1) is 12.8. The summed E-state index contributed by atoms with van der Waals surface area (Å²) in [5, 5.41) is 10.3. The van der Waals surface area contributed by atoms with Gasteiger partial charge in [-0.25, -0.2) is 9.37 Å². The molecule has 0 saturated carbocycles. The first-order valence-electron chi connectivity index (χ1n) is 7.73. The summed E-state index contributed by atoms with van der Waals surface area (Å²) < 4.78 is 51.2. The zero-order valence-corrected chi connectivity index (χ0v) is 13.7. The minimum atomic E-state index is -4.40. The van der Waals surface area contributed by atoms with E-state index in [4.69, 9.17) is 0 Å². The van der Waals surface area contributed by atoms with Gasteiger partial charge in [-0.3, -0.25) is 4.79 Å². The van der Waals surface area contributed by atoms with Crippen LogP contribution in [0.1, 0.15) is 21.7 Å². The molecule has 0 aliphatic heterocycles. The van der Waals surface area contributed by atoms with Gasteiger partial charge in [0.25, 0.3) is 5.91 Å². The SMILES string of the molecule is O=C(NCc1ccc(-c2ccc(C(F)(F)F)cc2)nn1)c1ncccc1F. The summed E-state index contributed by atoms with van der Waals surface area (Å²) >= 11 is 0. The fraction of sp³-hybridized carbons (Fsp3) is 0.111. The van der Waals surface area contributed by atoms with Crippen LogP contribution in [0.5, 0.6) is 0 Å². The van der Waals surface area contributed by atoms with Crippen LogP contribution in [0.4, 0.5) is 17.6 Å². The Morgan fingerprint density at radius 2 is 1.74 bits per heavy atom. The smallest absolute Gasteiger partial charge is 0.345 e. The second-order valence-corrected chi connectivity index (χ2v) is 5.50. The Morgan fingerprint density at radius 1 is 1.00 bits per heavy atom. The number of amides is 1. The van der Waals surface area contributed by atoms with Crippen LogP contribution >= 0.6 is 0 Å². The maximum atomic E-state index is 13.5. The van der Waals surface area contributed by atoms with E-state index < -0.39 is 23.5 Å². The van der Waals surface area contributed by atoms with E-state index in [0.29, 0.717) is 17.0 Å². The van der Waals surface area contributed by atoms with Crippen molar-refractivity contribution < 1.29 is 22.4 Å². The van der Waals surface area contributed by atoms with Gasteiger partial charge in [-0.15, -0.1) is 0 Å². The zero-order chi connectivity index (χ0) is 19.4. The van der Waals surface area contributed by atoms with Crippen molar-refractivity contribution in [3.05, 3.63) is 77.5 Å². The predicted octanol–water partition coefficient (Wildman–Crippen LogP) is 3.63. The van der Waals surface area contributed by atoms with Crippen molar-refractivity contribution in [3.8, 4) is 11.3 Å². The highest BCUT2D eigenvalue weighted by atomic mass is 19.4. The summed E-state index contributed by atoms with van der Waals surface area (Å²) in [7, 11) is 0. The molecule has 0 atom stereocenters. The van der Waals surface area contributed by atoms with Crippen molar-refractivity contribution in [3.63, 3.8) is 0 Å². The molecule has 0 aliphatic rings. The lowest BCUT2D eigenvalue weighted by atomic mass is 10.1. The van der Waals surface area contributed by atoms with Gasteiger partial charge in [0.1, 0.15) is 0 Å². The largest absolute Gasteiger partial charge is 0.416 e. The highest BCUT2D eigenvalue weighted by molar-refractivity contribution is 5.92. The van der Waals surface area contributed by atoms with E-state index in [9.17, 15) is 22.4 Å². The number of nitrogens with zero attached hydrogens (tertiary/aromatic N) is 3. The highest BCUT2D eigenvalue weighted by Crippen LogP contribution is 2.30. The number of pyridine rings is 1. The lowest BCUT2D eigenvalue weighted by molar-refractivity contribution is -0.137. The molecule has 138 valence electrons. The Bertz CT molecular complexity index is 941. The fourth-order valence-electron chi connectivity index (χ4n) is 2.25. The first kappa shape index (κ1) is 18.4. The zero-order valence-electron chi connectivity index (χ0n) is 13.7. The van der Waals surface area contributed by atoms with Gasteiger partial charge in [-0.05, 0) is 36.4 Å². The van der Waals surface area contributed by atoms with Gasteiger partial charge in [0, 0.05) is 11.8 Å². The van der Waals surface area contributed by atoms with Gasteiger partial charge in [-0.1, -0.05) is 12.1 Å². The number of halogens is 4. The molecule has 2 aromatic heterocycles. The molecule has 5 nitrogen and oxygen atoms in total. The number of hydrogen-bond donors (Lipinski definition) is 1. The second-order valence-electron chi connectivity index (χ2n) is 5.50. The van der Waals surface area contributed by atoms with E-state index in [1.807, 2.05) is 0 Å². The van der Waals surface area contributed by atoms with Crippen LogP contribution in [0.3, 0.4) is 0 Å². The summed E-state index contributed by atoms with van der Waals surface area (Å²) in [5.74, 6) is -1.43. The third-order valence-electron chi connectivity index (χ3n) is 3.63. The molecule has 1 aromatic carbocycles. The van der Waals surface area contributed by atoms with Gasteiger partial charge in [0.15, 0.2) is 11.5 Å². The molecule has 0 fully saturated rings. The van der Waals surface area contributed by atoms with E-state index in [0.717, 1.165) is 18.2 Å². The van der Waals surface area contributed by atoms with Gasteiger partial charge in [-0.2, -0.15) is 23.4 Å². The van der Waals surface area contributed by atoms with E-state index in [2.05, 4.69) is 20.5 Å². The van der Waals surface area contributed by atoms with Crippen LogP contribution in [0.2, 0.25) is 0 Å². The summed E-state index contributed by atoms with van der Waals surface area (Å²) in [6.45, 7) is -0.00482. The predicted molar refractivity (Wildman–Crippen MR) is 87.8 cm³/mol. The van der Waals surface area contributed by atoms with E-state index >= 15 is 0 Å². The average Bonchev–Trinajstić information content (AvgIpc) is 2.66. The molecule has 0 saturated heterocycles. The van der Waals surface area contributed by atoms with Crippen LogP contribution in [0.15, 0.2) is 54.7 Å². The molecule has 0 spiro atoms. The quantitative estimate of drug-likeness (QED) is 0.706. The standard InChI is InChI=1S/C18H12F4N4O/c19-14-2-1-9-23-16(14)17(27)24-10-13-7-8-15(26-25-13)11-3-5-12(6-4-11)18(20,21)22/h1-9H,10H2,(H,24,27). The number of alkyl halides is 3. The molecular formula is C18H12F4N4O. The molecular weight excluding hydrogens is 364 g/mol. The number of aromatic nitrogens is 3. The maximum Gasteiger partial charge on any atom is 0.416 e. The summed E-state index contributed by atoms with van der Waals surface area (Å²) in [4.78, 5) is 15.6. The van der Waals surface area contributed by atoms with Crippen LogP contribution in [0, 0.1) is 5.82 Å². The number of carbonyl (C=O) groups excluding carboxylic acids is 1. The molecule has 1 N–H and O–H groups in total. The molecule has 0 aliphatic carbocycles. The van der Waals surface area contributed by atoms with Crippen LogP contribution < -0.4 is 5.32 Å². The number of rotatable bonds is 4. The van der Waals surface area contributed by atoms with E-state index in [1.54, 1.807) is 12.1 Å². The summed E-state index contributed by atoms with van der Waals surface area (Å²) in [6.07, 6.45) is -3.10. The molecule has 9 heteroatoms. The lowest BCUT2D eigenvalue weighted by Gasteiger charge is -2.08. The summed E-state index contributed by atoms with van der Waals surface area (Å²) in [6, 6.07) is 10.2. The third kappa shape index (κ3) is 4.43. The first-order valence-corrected chi connectivity index (χ1v) is 7.73. The molecule has 0 unspecified atom stereocenters. The maximum absolute atomic E-state index is 13.5. The number of benzene rings is 1. The van der Waals surface area contributed by atoms with Crippen molar-refractivity contribution in [1.82, 2.24) is 20.5 Å². The molecule has 27 heavy (non-hydrogen) atoms. The normalized spacial score (nSPS) is 11.3. The Hall–Kier alpha value is -3.36. The van der Waals surface area contributed by atoms with E-state index in [-0.39, 0.29) is 12.2 Å². The Kier molecular flexibility index (Phi) is 5.11. The van der Waals surface area contributed by atoms with Gasteiger partial charge >= 0.3 is 6.18 Å². The molecule has 3 aromatic rings. The van der Waals surface area contributed by atoms with Crippen LogP contribution in [-0.2, 0) is 12.7 Å². The van der Waals surface area contributed by atoms with Crippen molar-refractivity contribution in [1.29, 1.82) is 0 Å². The van der Waals surface area contributed by atoms with Crippen molar-refractivity contribution >= 4 is 5.91 Å². The van der Waals surface area contributed by atoms with Crippen LogP contribution in [0.25, 0.3) is 11.3 Å². The van der Waals surface area contributed by atoms with Gasteiger partial charge in [0.05, 0.1) is 23.5 Å². The van der Waals surface area contributed by atoms with Crippen LogP contribution in [-0.4, -0.2) is 21.1 Å². The highest BCUT2D eigenvalue weighted by Gasteiger charge is 2.30. The number of hydrogen-bond acceptors (Lipinski definition) is 4. The van der Waals surface area contributed by atoms with Gasteiger partial charge < -0.3 is 5.32 Å². The second kappa shape index (κ2) is 7.48. The topological polar surface area (TPSA) is 67.8 Å². The molecule has 1 amide bonds. The Balaban J connectivity index is 1.65. The molecule has 3 rings (SSSR count). The molecule has 0 radical (unpaired) electrons. The summed E-state index contributed by atoms with van der Waals surface area (Å²) in [5.41, 5.74) is 0.179. The average molecular weight is 376 g/mol. The minimum Gasteiger partial charge on any atom is -0.345 e. The molecule has 0 bridgehead atoms. The van der Waals surface area contributed by atoms with E-state index in [1.165, 1.54) is 24.4 Å². The number of carbonyl (C=O) groups is 1. The number of nitrogens with one attached hydrogen (secondary N) is 1. The monoisotopic (exact) mass is 376 g/mol. The van der Waals surface area contributed by atoms with Crippen molar-refractivity contribution in [2.24, 2.45) is 0 Å².